The third kappa shape index (κ3) is 2.80. The predicted octanol–water partition coefficient (Wildman–Crippen LogP) is -0.318. The molecule has 0 radical (unpaired) electrons. The van der Waals surface area contributed by atoms with Crippen LogP contribution in [0, 0.1) is 5.92 Å². The van der Waals surface area contributed by atoms with E-state index in [2.05, 4.69) is 10.3 Å². The fourth-order valence-electron chi connectivity index (χ4n) is 0.581. The second kappa shape index (κ2) is 5.20. The lowest BCUT2D eigenvalue weighted by Crippen LogP contribution is -2.31. The maximum atomic E-state index is 10.8. The average Bonchev–Trinajstić information content (AvgIpc) is 1.91. The average molecular weight is 147 g/mol. The molecule has 0 saturated heterocycles. The summed E-state index contributed by atoms with van der Waals surface area (Å²) < 4.78 is 0. The number of carbonyl (C=O) groups is 1. The van der Waals surface area contributed by atoms with Crippen molar-refractivity contribution in [2.75, 3.05) is 13.7 Å². The number of aliphatic hydroxyl groups is 1. The monoisotopic (exact) mass is 147 g/mol. The predicted molar refractivity (Wildman–Crippen MR) is 36.0 cm³/mol. The summed E-state index contributed by atoms with van der Waals surface area (Å²) in [6.07, 6.45) is 0.617. The molecule has 4 nitrogen and oxygen atoms in total. The first-order valence-corrected chi connectivity index (χ1v) is 3.20. The maximum absolute atomic E-state index is 10.8. The van der Waals surface area contributed by atoms with E-state index in [1.807, 2.05) is 6.92 Å². The number of carbonyl (C=O) groups excluding carboxylic acids is 1. The molecule has 4 heteroatoms. The van der Waals surface area contributed by atoms with Crippen molar-refractivity contribution in [2.24, 2.45) is 5.92 Å². The number of hydroxylamine groups is 1. The molecule has 60 valence electrons. The number of aliphatic hydroxyl groups excluding tert-OH is 1. The molecule has 0 heterocycles. The molecule has 1 unspecified atom stereocenters. The summed E-state index contributed by atoms with van der Waals surface area (Å²) >= 11 is 0. The van der Waals surface area contributed by atoms with E-state index in [9.17, 15) is 4.79 Å². The lowest BCUT2D eigenvalue weighted by atomic mass is 10.1. The number of amides is 1. The minimum Gasteiger partial charge on any atom is -0.396 e. The van der Waals surface area contributed by atoms with Crippen LogP contribution in [0.25, 0.3) is 0 Å². The molecule has 0 aromatic carbocycles. The van der Waals surface area contributed by atoms with Crippen molar-refractivity contribution in [2.45, 2.75) is 13.3 Å². The molecular weight excluding hydrogens is 134 g/mol. The fraction of sp³-hybridized carbons (Fsp3) is 0.833. The Morgan fingerprint density at radius 3 is 2.70 bits per heavy atom. The Balaban J connectivity index is 3.65. The topological polar surface area (TPSA) is 58.6 Å². The first kappa shape index (κ1) is 9.39. The van der Waals surface area contributed by atoms with Gasteiger partial charge in [0, 0.05) is 0 Å². The molecule has 2 N–H and O–H groups in total. The van der Waals surface area contributed by atoms with Crippen LogP contribution < -0.4 is 5.48 Å². The van der Waals surface area contributed by atoms with Crippen molar-refractivity contribution >= 4 is 5.91 Å². The number of hydrogen-bond acceptors (Lipinski definition) is 3. The van der Waals surface area contributed by atoms with Crippen molar-refractivity contribution in [3.8, 4) is 0 Å². The van der Waals surface area contributed by atoms with Crippen molar-refractivity contribution in [1.82, 2.24) is 5.48 Å². The van der Waals surface area contributed by atoms with Gasteiger partial charge < -0.3 is 5.11 Å². The Hall–Kier alpha value is -0.610. The first-order valence-electron chi connectivity index (χ1n) is 3.20. The van der Waals surface area contributed by atoms with Gasteiger partial charge in [0.1, 0.15) is 0 Å². The molecule has 0 spiro atoms. The summed E-state index contributed by atoms with van der Waals surface area (Å²) in [7, 11) is 1.36. The Morgan fingerprint density at radius 2 is 2.40 bits per heavy atom. The molecule has 0 aliphatic carbocycles. The highest BCUT2D eigenvalue weighted by Crippen LogP contribution is 1.99. The van der Waals surface area contributed by atoms with Crippen LogP contribution in [0.3, 0.4) is 0 Å². The summed E-state index contributed by atoms with van der Waals surface area (Å²) in [4.78, 5) is 15.2. The van der Waals surface area contributed by atoms with Crippen LogP contribution in [0.15, 0.2) is 0 Å². The van der Waals surface area contributed by atoms with Crippen LogP contribution in [0.2, 0.25) is 0 Å². The van der Waals surface area contributed by atoms with E-state index < -0.39 is 0 Å². The van der Waals surface area contributed by atoms with Gasteiger partial charge in [-0.15, -0.1) is 0 Å². The zero-order chi connectivity index (χ0) is 7.98. The van der Waals surface area contributed by atoms with Crippen molar-refractivity contribution < 1.29 is 14.7 Å². The largest absolute Gasteiger partial charge is 0.396 e. The standard InChI is InChI=1S/C6H13NO3/c1-3-5(4-8)6(9)7-10-2/h5,8H,3-4H2,1-2H3,(H,7,9). The van der Waals surface area contributed by atoms with Crippen molar-refractivity contribution in [3.05, 3.63) is 0 Å². The second-order valence-corrected chi connectivity index (χ2v) is 1.96. The molecule has 0 rings (SSSR count). The maximum Gasteiger partial charge on any atom is 0.248 e. The van der Waals surface area contributed by atoms with Gasteiger partial charge in [-0.2, -0.15) is 0 Å². The highest BCUT2D eigenvalue weighted by Gasteiger charge is 2.13. The molecule has 1 atom stereocenters. The Kier molecular flexibility index (Phi) is 4.88. The van der Waals surface area contributed by atoms with Crippen LogP contribution in [-0.2, 0) is 9.63 Å². The van der Waals surface area contributed by atoms with E-state index in [4.69, 9.17) is 5.11 Å². The normalized spacial score (nSPS) is 12.7. The van der Waals surface area contributed by atoms with Gasteiger partial charge in [0.15, 0.2) is 0 Å². The zero-order valence-electron chi connectivity index (χ0n) is 6.26. The Labute approximate surface area is 60.1 Å². The van der Waals surface area contributed by atoms with Crippen molar-refractivity contribution in [1.29, 1.82) is 0 Å². The smallest absolute Gasteiger partial charge is 0.248 e. The lowest BCUT2D eigenvalue weighted by molar-refractivity contribution is -0.136. The molecule has 0 saturated carbocycles. The van der Waals surface area contributed by atoms with Crippen LogP contribution in [0.5, 0.6) is 0 Å². The van der Waals surface area contributed by atoms with E-state index in [1.54, 1.807) is 0 Å². The summed E-state index contributed by atoms with van der Waals surface area (Å²) in [5, 5.41) is 8.61. The van der Waals surface area contributed by atoms with Crippen LogP contribution in [0.4, 0.5) is 0 Å². The molecule has 0 fully saturated rings. The quantitative estimate of drug-likeness (QED) is 0.536. The molecule has 0 aromatic rings. The molecule has 10 heavy (non-hydrogen) atoms. The summed E-state index contributed by atoms with van der Waals surface area (Å²) in [6, 6.07) is 0. The molecular formula is C6H13NO3. The first-order chi connectivity index (χ1) is 4.76. The van der Waals surface area contributed by atoms with Crippen molar-refractivity contribution in [3.63, 3.8) is 0 Å². The molecule has 0 bridgehead atoms. The molecule has 0 aliphatic heterocycles. The number of hydrogen-bond donors (Lipinski definition) is 2. The van der Waals surface area contributed by atoms with E-state index in [0.29, 0.717) is 6.42 Å². The minimum atomic E-state index is -0.347. The molecule has 0 aliphatic rings. The van der Waals surface area contributed by atoms with E-state index in [0.717, 1.165) is 0 Å². The summed E-state index contributed by atoms with van der Waals surface area (Å²) in [5.41, 5.74) is 2.15. The van der Waals surface area contributed by atoms with E-state index in [1.165, 1.54) is 7.11 Å². The highest BCUT2D eigenvalue weighted by atomic mass is 16.6. The summed E-state index contributed by atoms with van der Waals surface area (Å²) in [5.74, 6) is -0.618. The second-order valence-electron chi connectivity index (χ2n) is 1.96. The lowest BCUT2D eigenvalue weighted by Gasteiger charge is -2.09. The number of nitrogens with one attached hydrogen (secondary N) is 1. The fourth-order valence-corrected chi connectivity index (χ4v) is 0.581. The SMILES string of the molecule is CCC(CO)C(=O)NOC. The van der Waals surface area contributed by atoms with Gasteiger partial charge in [-0.1, -0.05) is 6.92 Å². The zero-order valence-corrected chi connectivity index (χ0v) is 6.26. The van der Waals surface area contributed by atoms with Gasteiger partial charge in [-0.05, 0) is 6.42 Å². The van der Waals surface area contributed by atoms with Crippen LogP contribution >= 0.6 is 0 Å². The van der Waals surface area contributed by atoms with Gasteiger partial charge >= 0.3 is 0 Å². The molecule has 1 amide bonds. The van der Waals surface area contributed by atoms with Gasteiger partial charge in [0.2, 0.25) is 5.91 Å². The third-order valence-electron chi connectivity index (χ3n) is 1.29. The van der Waals surface area contributed by atoms with Crippen LogP contribution in [0.1, 0.15) is 13.3 Å². The Morgan fingerprint density at radius 1 is 1.80 bits per heavy atom. The molecule has 0 aromatic heterocycles. The van der Waals surface area contributed by atoms with Crippen LogP contribution in [-0.4, -0.2) is 24.7 Å². The van der Waals surface area contributed by atoms with Gasteiger partial charge in [-0.3, -0.25) is 9.63 Å². The highest BCUT2D eigenvalue weighted by molar-refractivity contribution is 5.77. The van der Waals surface area contributed by atoms with E-state index >= 15 is 0 Å². The van der Waals surface area contributed by atoms with E-state index in [-0.39, 0.29) is 18.4 Å². The van der Waals surface area contributed by atoms with Gasteiger partial charge in [0.05, 0.1) is 19.6 Å². The Bertz CT molecular complexity index is 101. The van der Waals surface area contributed by atoms with Gasteiger partial charge in [0.25, 0.3) is 0 Å². The number of rotatable bonds is 4. The third-order valence-corrected chi connectivity index (χ3v) is 1.29. The minimum absolute atomic E-state index is 0.133. The van der Waals surface area contributed by atoms with Gasteiger partial charge in [-0.25, -0.2) is 5.48 Å². The summed E-state index contributed by atoms with van der Waals surface area (Å²) in [6.45, 7) is 1.70.